The van der Waals surface area contributed by atoms with Gasteiger partial charge in [-0.1, -0.05) is 0 Å². The molecule has 116 valence electrons. The molecule has 2 heterocycles. The minimum atomic E-state index is 0.0508. The third-order valence-corrected chi connectivity index (χ3v) is 3.90. The zero-order chi connectivity index (χ0) is 15.9. The highest BCUT2D eigenvalue weighted by molar-refractivity contribution is 6.02. The van der Waals surface area contributed by atoms with Crippen molar-refractivity contribution in [2.24, 2.45) is 5.84 Å². The van der Waals surface area contributed by atoms with Gasteiger partial charge in [-0.2, -0.15) is 5.10 Å². The molecule has 0 radical (unpaired) electrons. The van der Waals surface area contributed by atoms with E-state index in [2.05, 4.69) is 34.3 Å². The summed E-state index contributed by atoms with van der Waals surface area (Å²) in [6.07, 6.45) is 3.90. The number of hydrazine groups is 1. The van der Waals surface area contributed by atoms with E-state index >= 15 is 0 Å². The number of anilines is 1. The van der Waals surface area contributed by atoms with Crippen LogP contribution in [0, 0.1) is 6.92 Å². The van der Waals surface area contributed by atoms with Crippen molar-refractivity contribution in [3.05, 3.63) is 23.0 Å². The van der Waals surface area contributed by atoms with Gasteiger partial charge in [0, 0.05) is 12.5 Å². The summed E-state index contributed by atoms with van der Waals surface area (Å²) in [7, 11) is 0. The Balaban J connectivity index is 2.21. The Morgan fingerprint density at radius 1 is 1.32 bits per heavy atom. The van der Waals surface area contributed by atoms with Crippen LogP contribution in [0.4, 0.5) is 5.82 Å². The smallest absolute Gasteiger partial charge is 0.180 e. The normalized spacial score (nSPS) is 14.3. The standard InChI is InChI=1S/C15H20N6O/c1-8(2)21-13(9(3)7-17-21)15-18-10-5-4-6-11(22)12(10)14(19-15)20-16/h7-8H,4-6,16H2,1-3H3,(H,18,19,20). The summed E-state index contributed by atoms with van der Waals surface area (Å²) < 4.78 is 1.89. The van der Waals surface area contributed by atoms with Gasteiger partial charge >= 0.3 is 0 Å². The van der Waals surface area contributed by atoms with Gasteiger partial charge < -0.3 is 5.43 Å². The lowest BCUT2D eigenvalue weighted by Gasteiger charge is -2.19. The maximum Gasteiger partial charge on any atom is 0.180 e. The molecule has 0 saturated heterocycles. The second-order valence-electron chi connectivity index (χ2n) is 5.85. The summed E-state index contributed by atoms with van der Waals surface area (Å²) >= 11 is 0. The molecule has 3 N–H and O–H groups in total. The first kappa shape index (κ1) is 14.6. The van der Waals surface area contributed by atoms with Crippen molar-refractivity contribution < 1.29 is 4.79 Å². The van der Waals surface area contributed by atoms with Gasteiger partial charge in [0.25, 0.3) is 0 Å². The van der Waals surface area contributed by atoms with Crippen LogP contribution in [0.1, 0.15) is 54.3 Å². The Morgan fingerprint density at radius 2 is 2.09 bits per heavy atom. The number of nitrogens with zero attached hydrogens (tertiary/aromatic N) is 4. The number of carbonyl (C=O) groups is 1. The highest BCUT2D eigenvalue weighted by atomic mass is 16.1. The fourth-order valence-corrected chi connectivity index (χ4v) is 2.85. The van der Waals surface area contributed by atoms with Gasteiger partial charge in [-0.25, -0.2) is 15.8 Å². The third-order valence-electron chi connectivity index (χ3n) is 3.90. The molecule has 2 aromatic heterocycles. The molecule has 0 aromatic carbocycles. The van der Waals surface area contributed by atoms with Crippen molar-refractivity contribution in [3.63, 3.8) is 0 Å². The number of Topliss-reactive ketones (excluding diaryl/α,β-unsaturated/α-hetero) is 1. The van der Waals surface area contributed by atoms with Gasteiger partial charge in [-0.15, -0.1) is 0 Å². The predicted molar refractivity (Wildman–Crippen MR) is 83.5 cm³/mol. The van der Waals surface area contributed by atoms with Gasteiger partial charge in [0.1, 0.15) is 5.69 Å². The number of nitrogen functional groups attached to an aromatic ring is 1. The molecule has 0 aliphatic heterocycles. The molecular weight excluding hydrogens is 280 g/mol. The van der Waals surface area contributed by atoms with E-state index < -0.39 is 0 Å². The van der Waals surface area contributed by atoms with Crippen LogP contribution in [0.25, 0.3) is 11.5 Å². The number of nitrogens with one attached hydrogen (secondary N) is 1. The van der Waals surface area contributed by atoms with E-state index in [1.165, 1.54) is 0 Å². The molecule has 0 bridgehead atoms. The first-order chi connectivity index (χ1) is 10.5. The molecule has 22 heavy (non-hydrogen) atoms. The maximum atomic E-state index is 12.1. The molecule has 2 aromatic rings. The fraction of sp³-hybridized carbons (Fsp3) is 0.467. The summed E-state index contributed by atoms with van der Waals surface area (Å²) in [5, 5.41) is 4.39. The number of rotatable bonds is 3. The molecular formula is C15H20N6O. The van der Waals surface area contributed by atoms with Crippen LogP contribution in [-0.4, -0.2) is 25.5 Å². The molecule has 0 unspecified atom stereocenters. The second kappa shape index (κ2) is 5.49. The number of hydrogen-bond acceptors (Lipinski definition) is 6. The molecule has 7 heteroatoms. The number of fused-ring (bicyclic) bond motifs is 1. The zero-order valence-corrected chi connectivity index (χ0v) is 13.1. The van der Waals surface area contributed by atoms with Gasteiger partial charge in [0.15, 0.2) is 17.4 Å². The van der Waals surface area contributed by atoms with Gasteiger partial charge in [-0.05, 0) is 39.2 Å². The molecule has 0 fully saturated rings. The first-order valence-corrected chi connectivity index (χ1v) is 7.48. The van der Waals surface area contributed by atoms with Crippen LogP contribution in [0.15, 0.2) is 6.20 Å². The van der Waals surface area contributed by atoms with Crippen molar-refractivity contribution in [2.45, 2.75) is 46.1 Å². The molecule has 0 saturated carbocycles. The minimum Gasteiger partial charge on any atom is -0.308 e. The van der Waals surface area contributed by atoms with Gasteiger partial charge in [0.05, 0.1) is 17.5 Å². The third kappa shape index (κ3) is 2.27. The summed E-state index contributed by atoms with van der Waals surface area (Å²) in [6.45, 7) is 6.09. The van der Waals surface area contributed by atoms with E-state index in [0.29, 0.717) is 23.6 Å². The van der Waals surface area contributed by atoms with Crippen LogP contribution in [0.5, 0.6) is 0 Å². The lowest BCUT2D eigenvalue weighted by atomic mass is 9.95. The summed E-state index contributed by atoms with van der Waals surface area (Å²) in [6, 6.07) is 0.194. The van der Waals surface area contributed by atoms with E-state index in [1.807, 2.05) is 11.6 Å². The Morgan fingerprint density at radius 3 is 2.77 bits per heavy atom. The molecule has 0 amide bonds. The molecule has 0 atom stereocenters. The number of nitrogens with two attached hydrogens (primary N) is 1. The van der Waals surface area contributed by atoms with E-state index in [0.717, 1.165) is 29.8 Å². The van der Waals surface area contributed by atoms with Gasteiger partial charge in [-0.3, -0.25) is 9.48 Å². The summed E-state index contributed by atoms with van der Waals surface area (Å²) in [4.78, 5) is 21.2. The van der Waals surface area contributed by atoms with Crippen molar-refractivity contribution in [2.75, 3.05) is 5.43 Å². The number of carbonyl (C=O) groups excluding carboxylic acids is 1. The number of hydrogen-bond donors (Lipinski definition) is 2. The minimum absolute atomic E-state index is 0.0508. The Hall–Kier alpha value is -2.28. The van der Waals surface area contributed by atoms with Crippen LogP contribution < -0.4 is 11.3 Å². The van der Waals surface area contributed by atoms with E-state index in [9.17, 15) is 4.79 Å². The lowest BCUT2D eigenvalue weighted by molar-refractivity contribution is 0.0972. The maximum absolute atomic E-state index is 12.1. The highest BCUT2D eigenvalue weighted by Crippen LogP contribution is 2.30. The topological polar surface area (TPSA) is 98.7 Å². The largest absolute Gasteiger partial charge is 0.308 e. The highest BCUT2D eigenvalue weighted by Gasteiger charge is 2.26. The van der Waals surface area contributed by atoms with Crippen LogP contribution in [0.3, 0.4) is 0 Å². The van der Waals surface area contributed by atoms with Gasteiger partial charge in [0.2, 0.25) is 0 Å². The van der Waals surface area contributed by atoms with Crippen LogP contribution in [0.2, 0.25) is 0 Å². The lowest BCUT2D eigenvalue weighted by Crippen LogP contribution is -2.21. The fourth-order valence-electron chi connectivity index (χ4n) is 2.85. The SMILES string of the molecule is Cc1cnn(C(C)C)c1-c1nc2c(c(NN)n1)C(=O)CCC2. The van der Waals surface area contributed by atoms with Crippen molar-refractivity contribution >= 4 is 11.6 Å². The molecule has 0 spiro atoms. The number of aromatic nitrogens is 4. The first-order valence-electron chi connectivity index (χ1n) is 7.48. The average molecular weight is 300 g/mol. The second-order valence-corrected chi connectivity index (χ2v) is 5.85. The molecule has 3 rings (SSSR count). The quantitative estimate of drug-likeness (QED) is 0.664. The molecule has 1 aliphatic carbocycles. The van der Waals surface area contributed by atoms with E-state index in [4.69, 9.17) is 5.84 Å². The molecule has 1 aliphatic rings. The van der Waals surface area contributed by atoms with Crippen LogP contribution in [-0.2, 0) is 6.42 Å². The average Bonchev–Trinajstić information content (AvgIpc) is 2.88. The van der Waals surface area contributed by atoms with Crippen molar-refractivity contribution in [1.29, 1.82) is 0 Å². The van der Waals surface area contributed by atoms with E-state index in [-0.39, 0.29) is 11.8 Å². The van der Waals surface area contributed by atoms with Crippen molar-refractivity contribution in [1.82, 2.24) is 19.7 Å². The van der Waals surface area contributed by atoms with E-state index in [1.54, 1.807) is 6.20 Å². The molecule has 7 nitrogen and oxygen atoms in total. The van der Waals surface area contributed by atoms with Crippen LogP contribution >= 0.6 is 0 Å². The predicted octanol–water partition coefficient (Wildman–Crippen LogP) is 2.03. The number of aryl methyl sites for hydroxylation is 2. The number of ketones is 1. The zero-order valence-electron chi connectivity index (χ0n) is 13.1. The Bertz CT molecular complexity index is 717. The summed E-state index contributed by atoms with van der Waals surface area (Å²) in [5.74, 6) is 6.59. The Labute approximate surface area is 128 Å². The Kier molecular flexibility index (Phi) is 3.66. The summed E-state index contributed by atoms with van der Waals surface area (Å²) in [5.41, 5.74) is 5.72. The van der Waals surface area contributed by atoms with Crippen molar-refractivity contribution in [3.8, 4) is 11.5 Å². The monoisotopic (exact) mass is 300 g/mol.